The molecule has 18 heavy (non-hydrogen) atoms. The zero-order valence-corrected chi connectivity index (χ0v) is 10.5. The number of pyridine rings is 1. The number of imidazole rings is 1. The molecule has 90 valence electrons. The van der Waals surface area contributed by atoms with Crippen LogP contribution in [-0.4, -0.2) is 14.5 Å². The molecule has 0 radical (unpaired) electrons. The van der Waals surface area contributed by atoms with Crippen LogP contribution in [0.15, 0.2) is 36.5 Å². The number of nitrogen functional groups attached to an aromatic ring is 1. The molecule has 0 aliphatic heterocycles. The van der Waals surface area contributed by atoms with Crippen molar-refractivity contribution in [1.82, 2.24) is 14.5 Å². The van der Waals surface area contributed by atoms with Crippen LogP contribution in [0, 0.1) is 0 Å². The molecule has 0 aliphatic carbocycles. The van der Waals surface area contributed by atoms with Crippen molar-refractivity contribution in [3.05, 3.63) is 41.6 Å². The molecule has 4 nitrogen and oxygen atoms in total. The molecule has 0 fully saturated rings. The molecule has 0 bridgehead atoms. The number of nitrogens with zero attached hydrogens (tertiary/aromatic N) is 3. The first-order valence-corrected chi connectivity index (χ1v) is 5.87. The van der Waals surface area contributed by atoms with E-state index in [0.717, 1.165) is 22.4 Å². The lowest BCUT2D eigenvalue weighted by atomic mass is 10.2. The van der Waals surface area contributed by atoms with Crippen molar-refractivity contribution >= 4 is 28.5 Å². The molecule has 2 heterocycles. The maximum absolute atomic E-state index is 6.19. The van der Waals surface area contributed by atoms with Crippen molar-refractivity contribution in [2.24, 2.45) is 7.05 Å². The molecule has 0 unspecified atom stereocenters. The van der Waals surface area contributed by atoms with Crippen molar-refractivity contribution in [3.63, 3.8) is 0 Å². The lowest BCUT2D eigenvalue weighted by molar-refractivity contribution is 0.958. The Morgan fingerprint density at radius 2 is 2.06 bits per heavy atom. The van der Waals surface area contributed by atoms with Gasteiger partial charge in [-0.25, -0.2) is 9.97 Å². The van der Waals surface area contributed by atoms with E-state index in [1.54, 1.807) is 12.3 Å². The molecule has 0 spiro atoms. The molecule has 2 aromatic heterocycles. The Bertz CT molecular complexity index is 716. The van der Waals surface area contributed by atoms with Gasteiger partial charge in [0.2, 0.25) is 0 Å². The number of aromatic nitrogens is 3. The second-order valence-corrected chi connectivity index (χ2v) is 4.48. The first kappa shape index (κ1) is 11.0. The molecule has 3 rings (SSSR count). The van der Waals surface area contributed by atoms with E-state index in [1.807, 2.05) is 35.9 Å². The van der Waals surface area contributed by atoms with E-state index < -0.39 is 0 Å². The number of rotatable bonds is 1. The maximum Gasteiger partial charge on any atom is 0.142 e. The van der Waals surface area contributed by atoms with Crippen LogP contribution in [0.1, 0.15) is 0 Å². The number of hydrogen-bond donors (Lipinski definition) is 1. The van der Waals surface area contributed by atoms with Gasteiger partial charge in [-0.05, 0) is 24.3 Å². The molecule has 5 heteroatoms. The summed E-state index contributed by atoms with van der Waals surface area (Å²) in [5.41, 5.74) is 8.29. The molecule has 2 N–H and O–H groups in total. The summed E-state index contributed by atoms with van der Waals surface area (Å²) in [6, 6.07) is 9.35. The second kappa shape index (κ2) is 3.99. The first-order valence-electron chi connectivity index (χ1n) is 5.49. The summed E-state index contributed by atoms with van der Waals surface area (Å²) in [7, 11) is 1.94. The summed E-state index contributed by atoms with van der Waals surface area (Å²) in [4.78, 5) is 8.65. The number of halogens is 1. The van der Waals surface area contributed by atoms with E-state index in [0.29, 0.717) is 10.8 Å². The van der Waals surface area contributed by atoms with E-state index in [2.05, 4.69) is 9.97 Å². The van der Waals surface area contributed by atoms with Gasteiger partial charge in [-0.3, -0.25) is 0 Å². The van der Waals surface area contributed by atoms with E-state index in [4.69, 9.17) is 17.3 Å². The third kappa shape index (κ3) is 1.62. The summed E-state index contributed by atoms with van der Waals surface area (Å²) in [5.74, 6) is 1.32. The number of anilines is 1. The second-order valence-electron chi connectivity index (χ2n) is 4.07. The maximum atomic E-state index is 6.19. The summed E-state index contributed by atoms with van der Waals surface area (Å²) in [6.45, 7) is 0. The van der Waals surface area contributed by atoms with Gasteiger partial charge in [0.15, 0.2) is 0 Å². The zero-order chi connectivity index (χ0) is 12.7. The minimum atomic E-state index is 0.496. The molecule has 0 saturated carbocycles. The van der Waals surface area contributed by atoms with Crippen LogP contribution in [0.25, 0.3) is 22.4 Å². The molecule has 0 atom stereocenters. The summed E-state index contributed by atoms with van der Waals surface area (Å²) < 4.78 is 1.96. The predicted octanol–water partition coefficient (Wildman–Crippen LogP) is 2.87. The first-order chi connectivity index (χ1) is 8.66. The van der Waals surface area contributed by atoms with E-state index in [1.165, 1.54) is 0 Å². The van der Waals surface area contributed by atoms with E-state index >= 15 is 0 Å². The van der Waals surface area contributed by atoms with Gasteiger partial charge in [-0.15, -0.1) is 0 Å². The van der Waals surface area contributed by atoms with Crippen LogP contribution in [0.3, 0.4) is 0 Å². The summed E-state index contributed by atoms with van der Waals surface area (Å²) in [5, 5.41) is 0.692. The van der Waals surface area contributed by atoms with E-state index in [-0.39, 0.29) is 0 Å². The topological polar surface area (TPSA) is 56.7 Å². The summed E-state index contributed by atoms with van der Waals surface area (Å²) >= 11 is 6.19. The van der Waals surface area contributed by atoms with Crippen LogP contribution in [-0.2, 0) is 7.05 Å². The van der Waals surface area contributed by atoms with Gasteiger partial charge in [0.05, 0.1) is 16.1 Å². The van der Waals surface area contributed by atoms with Crippen LogP contribution >= 0.6 is 11.6 Å². The minimum Gasteiger partial charge on any atom is -0.384 e. The van der Waals surface area contributed by atoms with Gasteiger partial charge in [0.1, 0.15) is 11.6 Å². The van der Waals surface area contributed by atoms with Gasteiger partial charge >= 0.3 is 0 Å². The fourth-order valence-corrected chi connectivity index (χ4v) is 2.31. The Hall–Kier alpha value is -2.07. The molecule has 0 amide bonds. The van der Waals surface area contributed by atoms with Gasteiger partial charge in [-0.1, -0.05) is 17.7 Å². The monoisotopic (exact) mass is 258 g/mol. The molecular weight excluding hydrogens is 248 g/mol. The fourth-order valence-electron chi connectivity index (χ4n) is 2.02. The molecule has 0 aliphatic rings. The highest BCUT2D eigenvalue weighted by Gasteiger charge is 2.12. The van der Waals surface area contributed by atoms with Crippen LogP contribution < -0.4 is 5.73 Å². The van der Waals surface area contributed by atoms with Gasteiger partial charge < -0.3 is 10.3 Å². The molecule has 0 saturated heterocycles. The van der Waals surface area contributed by atoms with Gasteiger partial charge in [0.25, 0.3) is 0 Å². The number of benzene rings is 1. The van der Waals surface area contributed by atoms with E-state index in [9.17, 15) is 0 Å². The average molecular weight is 259 g/mol. The lowest BCUT2D eigenvalue weighted by Gasteiger charge is -2.03. The van der Waals surface area contributed by atoms with Crippen molar-refractivity contribution < 1.29 is 0 Å². The Balaban J connectivity index is 2.27. The van der Waals surface area contributed by atoms with Crippen LogP contribution in [0.2, 0.25) is 5.02 Å². The lowest BCUT2D eigenvalue weighted by Crippen LogP contribution is -1.95. The fraction of sp³-hybridized carbons (Fsp3) is 0.0769. The third-order valence-electron chi connectivity index (χ3n) is 2.89. The van der Waals surface area contributed by atoms with Gasteiger partial charge in [-0.2, -0.15) is 0 Å². The Kier molecular flexibility index (Phi) is 2.45. The Morgan fingerprint density at radius 3 is 2.72 bits per heavy atom. The summed E-state index contributed by atoms with van der Waals surface area (Å²) in [6.07, 6.45) is 1.71. The Morgan fingerprint density at radius 1 is 1.22 bits per heavy atom. The minimum absolute atomic E-state index is 0.496. The van der Waals surface area contributed by atoms with Gasteiger partial charge in [0, 0.05) is 18.8 Å². The predicted molar refractivity (Wildman–Crippen MR) is 73.4 cm³/mol. The number of fused-ring (bicyclic) bond motifs is 1. The number of aryl methyl sites for hydroxylation is 1. The van der Waals surface area contributed by atoms with Crippen molar-refractivity contribution in [2.45, 2.75) is 0 Å². The highest BCUT2D eigenvalue weighted by Crippen LogP contribution is 2.28. The highest BCUT2D eigenvalue weighted by atomic mass is 35.5. The van der Waals surface area contributed by atoms with Crippen LogP contribution in [0.4, 0.5) is 5.82 Å². The molecule has 3 aromatic rings. The normalized spacial score (nSPS) is 11.0. The number of nitrogens with two attached hydrogens (primary N) is 1. The molecule has 1 aromatic carbocycles. The van der Waals surface area contributed by atoms with Crippen molar-refractivity contribution in [3.8, 4) is 11.4 Å². The number of para-hydroxylation sites is 1. The largest absolute Gasteiger partial charge is 0.384 e. The average Bonchev–Trinajstić information content (AvgIpc) is 2.69. The number of hydrogen-bond acceptors (Lipinski definition) is 3. The standard InChI is InChI=1S/C13H11ClN4/c1-18-12-9(14)3-2-4-10(12)17-13(18)8-5-6-11(15)16-7-8/h2-7H,1H3,(H2,15,16). The zero-order valence-electron chi connectivity index (χ0n) is 9.76. The SMILES string of the molecule is Cn1c(-c2ccc(N)nc2)nc2cccc(Cl)c21. The third-order valence-corrected chi connectivity index (χ3v) is 3.19. The smallest absolute Gasteiger partial charge is 0.142 e. The highest BCUT2D eigenvalue weighted by molar-refractivity contribution is 6.35. The Labute approximate surface area is 109 Å². The van der Waals surface area contributed by atoms with Crippen LogP contribution in [0.5, 0.6) is 0 Å². The quantitative estimate of drug-likeness (QED) is 0.730. The van der Waals surface area contributed by atoms with Crippen molar-refractivity contribution in [2.75, 3.05) is 5.73 Å². The van der Waals surface area contributed by atoms with Crippen molar-refractivity contribution in [1.29, 1.82) is 0 Å². The molecular formula is C13H11ClN4.